The fourth-order valence-corrected chi connectivity index (χ4v) is 3.40. The van der Waals surface area contributed by atoms with Crippen LogP contribution in [0.1, 0.15) is 31.4 Å². The molecule has 6 nitrogen and oxygen atoms in total. The van der Waals surface area contributed by atoms with Crippen LogP contribution in [0.3, 0.4) is 0 Å². The van der Waals surface area contributed by atoms with Crippen LogP contribution in [0.4, 0.5) is 5.69 Å². The summed E-state index contributed by atoms with van der Waals surface area (Å²) in [6.45, 7) is 5.49. The summed E-state index contributed by atoms with van der Waals surface area (Å²) in [6, 6.07) is 16.2. The standard InChI is InChI=1S/C24H31N5O/c1-17(2)13-23(30)29-20-8-6-7-18(14-20)15-28-24(25-3)26-12-11-19-16-27-22-10-5-4-9-21(19)22/h4-10,14,16-17,27H,11-13,15H2,1-3H3,(H,29,30)(H2,25,26,28). The second kappa shape index (κ2) is 10.5. The van der Waals surface area contributed by atoms with Crippen LogP contribution in [-0.4, -0.2) is 30.4 Å². The van der Waals surface area contributed by atoms with E-state index in [9.17, 15) is 4.79 Å². The molecule has 3 aromatic rings. The van der Waals surface area contributed by atoms with Gasteiger partial charge < -0.3 is 20.9 Å². The maximum atomic E-state index is 12.0. The number of fused-ring (bicyclic) bond motifs is 1. The number of H-pyrrole nitrogens is 1. The Kier molecular flexibility index (Phi) is 7.49. The van der Waals surface area contributed by atoms with Gasteiger partial charge in [-0.1, -0.05) is 44.2 Å². The average Bonchev–Trinajstić information content (AvgIpc) is 3.13. The maximum Gasteiger partial charge on any atom is 0.224 e. The molecule has 2 aromatic carbocycles. The number of amides is 1. The number of hydrogen-bond donors (Lipinski definition) is 4. The highest BCUT2D eigenvalue weighted by Gasteiger charge is 2.07. The molecule has 1 heterocycles. The molecule has 1 aromatic heterocycles. The molecular weight excluding hydrogens is 374 g/mol. The van der Waals surface area contributed by atoms with Crippen molar-refractivity contribution in [2.75, 3.05) is 18.9 Å². The van der Waals surface area contributed by atoms with E-state index in [1.165, 1.54) is 10.9 Å². The molecular formula is C24H31N5O. The Bertz CT molecular complexity index is 1010. The van der Waals surface area contributed by atoms with Crippen molar-refractivity contribution in [1.29, 1.82) is 0 Å². The summed E-state index contributed by atoms with van der Waals surface area (Å²) in [5.41, 5.74) is 4.35. The second-order valence-corrected chi connectivity index (χ2v) is 7.81. The van der Waals surface area contributed by atoms with Gasteiger partial charge in [-0.15, -0.1) is 0 Å². The van der Waals surface area contributed by atoms with Gasteiger partial charge in [0.15, 0.2) is 5.96 Å². The van der Waals surface area contributed by atoms with Crippen molar-refractivity contribution in [1.82, 2.24) is 15.6 Å². The fraction of sp³-hybridized carbons (Fsp3) is 0.333. The number of guanidine groups is 1. The molecule has 3 rings (SSSR count). The van der Waals surface area contributed by atoms with Crippen LogP contribution in [-0.2, 0) is 17.8 Å². The van der Waals surface area contributed by atoms with Crippen LogP contribution in [0, 0.1) is 5.92 Å². The SMILES string of the molecule is CN=C(NCCc1c[nH]c2ccccc12)NCc1cccc(NC(=O)CC(C)C)c1. The highest BCUT2D eigenvalue weighted by atomic mass is 16.1. The molecule has 0 saturated carbocycles. The topological polar surface area (TPSA) is 81.3 Å². The molecule has 0 bridgehead atoms. The third-order valence-corrected chi connectivity index (χ3v) is 4.85. The van der Waals surface area contributed by atoms with Crippen LogP contribution in [0.15, 0.2) is 59.7 Å². The van der Waals surface area contributed by atoms with Gasteiger partial charge in [0.2, 0.25) is 5.91 Å². The second-order valence-electron chi connectivity index (χ2n) is 7.81. The molecule has 158 valence electrons. The normalized spacial score (nSPS) is 11.7. The van der Waals surface area contributed by atoms with Crippen molar-refractivity contribution < 1.29 is 4.79 Å². The summed E-state index contributed by atoms with van der Waals surface area (Å²) >= 11 is 0. The number of aromatic nitrogens is 1. The van der Waals surface area contributed by atoms with E-state index in [4.69, 9.17) is 0 Å². The lowest BCUT2D eigenvalue weighted by molar-refractivity contribution is -0.116. The molecule has 0 fully saturated rings. The van der Waals surface area contributed by atoms with Crippen molar-refractivity contribution in [3.05, 3.63) is 65.9 Å². The molecule has 0 aliphatic carbocycles. The number of nitrogens with zero attached hydrogens (tertiary/aromatic N) is 1. The highest BCUT2D eigenvalue weighted by Crippen LogP contribution is 2.17. The Labute approximate surface area is 178 Å². The number of anilines is 1. The monoisotopic (exact) mass is 405 g/mol. The molecule has 0 spiro atoms. The zero-order chi connectivity index (χ0) is 21.3. The third-order valence-electron chi connectivity index (χ3n) is 4.85. The molecule has 1 amide bonds. The van der Waals surface area contributed by atoms with Gasteiger partial charge in [0.05, 0.1) is 0 Å². The number of aromatic amines is 1. The lowest BCUT2D eigenvalue weighted by Gasteiger charge is -2.13. The van der Waals surface area contributed by atoms with Crippen molar-refractivity contribution in [2.45, 2.75) is 33.2 Å². The number of nitrogens with one attached hydrogen (secondary N) is 4. The number of hydrogen-bond acceptors (Lipinski definition) is 2. The smallest absolute Gasteiger partial charge is 0.224 e. The van der Waals surface area contributed by atoms with Gasteiger partial charge >= 0.3 is 0 Å². The predicted molar refractivity (Wildman–Crippen MR) is 125 cm³/mol. The van der Waals surface area contributed by atoms with Crippen LogP contribution >= 0.6 is 0 Å². The Morgan fingerprint density at radius 2 is 1.93 bits per heavy atom. The number of rotatable bonds is 8. The lowest BCUT2D eigenvalue weighted by atomic mass is 10.1. The first-order valence-electron chi connectivity index (χ1n) is 10.4. The fourth-order valence-electron chi connectivity index (χ4n) is 3.40. The van der Waals surface area contributed by atoms with Gasteiger partial charge in [0.1, 0.15) is 0 Å². The van der Waals surface area contributed by atoms with E-state index in [-0.39, 0.29) is 5.91 Å². The quantitative estimate of drug-likeness (QED) is 0.337. The van der Waals surface area contributed by atoms with E-state index in [0.29, 0.717) is 18.9 Å². The van der Waals surface area contributed by atoms with Crippen LogP contribution in [0.2, 0.25) is 0 Å². The summed E-state index contributed by atoms with van der Waals surface area (Å²) < 4.78 is 0. The molecule has 0 aliphatic rings. The van der Waals surface area contributed by atoms with Gasteiger partial charge in [-0.3, -0.25) is 9.79 Å². The Hall–Kier alpha value is -3.28. The minimum atomic E-state index is 0.0462. The summed E-state index contributed by atoms with van der Waals surface area (Å²) in [5.74, 6) is 1.14. The summed E-state index contributed by atoms with van der Waals surface area (Å²) in [4.78, 5) is 19.6. The predicted octanol–water partition coefficient (Wildman–Crippen LogP) is 4.06. The zero-order valence-electron chi connectivity index (χ0n) is 18.0. The number of para-hydroxylation sites is 1. The summed E-state index contributed by atoms with van der Waals surface area (Å²) in [7, 11) is 1.77. The van der Waals surface area contributed by atoms with Crippen molar-refractivity contribution >= 4 is 28.5 Å². The summed E-state index contributed by atoms with van der Waals surface area (Å²) in [5, 5.41) is 10.9. The van der Waals surface area contributed by atoms with Crippen LogP contribution in [0.25, 0.3) is 10.9 Å². The lowest BCUT2D eigenvalue weighted by Crippen LogP contribution is -2.37. The Morgan fingerprint density at radius 3 is 2.73 bits per heavy atom. The minimum Gasteiger partial charge on any atom is -0.361 e. The molecule has 0 radical (unpaired) electrons. The van der Waals surface area contributed by atoms with Crippen molar-refractivity contribution in [3.8, 4) is 0 Å². The van der Waals surface area contributed by atoms with E-state index in [1.54, 1.807) is 7.05 Å². The first kappa shape index (κ1) is 21.4. The van der Waals surface area contributed by atoms with Gasteiger partial charge in [-0.2, -0.15) is 0 Å². The number of carbonyl (C=O) groups excluding carboxylic acids is 1. The number of aliphatic imine (C=N–C) groups is 1. The van der Waals surface area contributed by atoms with E-state index in [1.807, 2.05) is 44.2 Å². The molecule has 0 saturated heterocycles. The first-order chi connectivity index (χ1) is 14.5. The van der Waals surface area contributed by atoms with Crippen molar-refractivity contribution in [2.24, 2.45) is 10.9 Å². The van der Waals surface area contributed by atoms with Crippen LogP contribution in [0.5, 0.6) is 0 Å². The molecule has 0 atom stereocenters. The summed E-state index contributed by atoms with van der Waals surface area (Å²) in [6.07, 6.45) is 3.50. The van der Waals surface area contributed by atoms with E-state index in [2.05, 4.69) is 50.3 Å². The Balaban J connectivity index is 1.48. The molecule has 0 unspecified atom stereocenters. The Morgan fingerprint density at radius 1 is 1.10 bits per heavy atom. The average molecular weight is 406 g/mol. The maximum absolute atomic E-state index is 12.0. The van der Waals surface area contributed by atoms with Gasteiger partial charge in [0, 0.05) is 49.3 Å². The largest absolute Gasteiger partial charge is 0.361 e. The van der Waals surface area contributed by atoms with Crippen molar-refractivity contribution in [3.63, 3.8) is 0 Å². The van der Waals surface area contributed by atoms with Gasteiger partial charge in [-0.25, -0.2) is 0 Å². The van der Waals surface area contributed by atoms with E-state index >= 15 is 0 Å². The number of benzene rings is 2. The van der Waals surface area contributed by atoms with E-state index in [0.717, 1.165) is 35.7 Å². The van der Waals surface area contributed by atoms with Gasteiger partial charge in [0.25, 0.3) is 0 Å². The van der Waals surface area contributed by atoms with Crippen LogP contribution < -0.4 is 16.0 Å². The minimum absolute atomic E-state index is 0.0462. The number of carbonyl (C=O) groups is 1. The molecule has 6 heteroatoms. The van der Waals surface area contributed by atoms with Gasteiger partial charge in [-0.05, 0) is 41.7 Å². The zero-order valence-corrected chi connectivity index (χ0v) is 18.0. The van der Waals surface area contributed by atoms with E-state index < -0.39 is 0 Å². The highest BCUT2D eigenvalue weighted by molar-refractivity contribution is 5.90. The molecule has 0 aliphatic heterocycles. The molecule has 30 heavy (non-hydrogen) atoms. The first-order valence-corrected chi connectivity index (χ1v) is 10.4. The molecule has 4 N–H and O–H groups in total. The third kappa shape index (κ3) is 6.11.